The standard InChI is InChI=1S/C23H40O7Si3/c1-16(31-5)15-23(29-32(6,7)8,30-33(9,10)11)20-17(12-13-19(24)25)14-18(26-2)21(27-3)22(20)28-4/h12-14,16H,15H2,1-11H3,(H,24,25). The second-order valence-electron chi connectivity index (χ2n) is 9.86. The Morgan fingerprint density at radius 1 is 1.03 bits per heavy atom. The lowest BCUT2D eigenvalue weighted by atomic mass is 9.93. The molecule has 33 heavy (non-hydrogen) atoms. The molecule has 1 aromatic rings. The molecule has 0 bridgehead atoms. The maximum absolute atomic E-state index is 11.4. The largest absolute Gasteiger partial charge is 0.493 e. The predicted molar refractivity (Wildman–Crippen MR) is 139 cm³/mol. The molecule has 0 saturated carbocycles. The lowest BCUT2D eigenvalue weighted by Crippen LogP contribution is -2.49. The number of rotatable bonds is 13. The number of carboxylic acids is 1. The van der Waals surface area contributed by atoms with Crippen molar-refractivity contribution in [2.45, 2.75) is 70.5 Å². The summed E-state index contributed by atoms with van der Waals surface area (Å²) in [6.45, 7) is 17.1. The monoisotopic (exact) mass is 512 g/mol. The average molecular weight is 513 g/mol. The van der Waals surface area contributed by atoms with Crippen LogP contribution in [0.1, 0.15) is 24.5 Å². The van der Waals surface area contributed by atoms with Crippen molar-refractivity contribution in [3.05, 3.63) is 23.3 Å². The third-order valence-electron chi connectivity index (χ3n) is 4.66. The quantitative estimate of drug-likeness (QED) is 0.209. The van der Waals surface area contributed by atoms with Gasteiger partial charge in [0, 0.05) is 22.0 Å². The van der Waals surface area contributed by atoms with Gasteiger partial charge in [0.1, 0.15) is 0 Å². The maximum atomic E-state index is 11.4. The van der Waals surface area contributed by atoms with Crippen LogP contribution in [0.25, 0.3) is 6.08 Å². The molecule has 10 heteroatoms. The minimum atomic E-state index is -2.18. The van der Waals surface area contributed by atoms with E-state index in [1.165, 1.54) is 13.2 Å². The van der Waals surface area contributed by atoms with Crippen molar-refractivity contribution in [1.82, 2.24) is 0 Å². The maximum Gasteiger partial charge on any atom is 0.328 e. The first-order valence-corrected chi connectivity index (χ1v) is 19.3. The molecule has 1 atom stereocenters. The Labute approximate surface area is 203 Å². The molecule has 1 rings (SSSR count). The Morgan fingerprint density at radius 3 is 1.91 bits per heavy atom. The molecule has 1 N–H and O–H groups in total. The summed E-state index contributed by atoms with van der Waals surface area (Å²) < 4.78 is 31.0. The fourth-order valence-electron chi connectivity index (χ4n) is 3.66. The summed E-state index contributed by atoms with van der Waals surface area (Å²) in [6, 6.07) is 1.75. The summed E-state index contributed by atoms with van der Waals surface area (Å²) in [5.41, 5.74) is 1.52. The van der Waals surface area contributed by atoms with Crippen LogP contribution < -0.4 is 14.2 Å². The summed E-state index contributed by atoms with van der Waals surface area (Å²) in [5.74, 6) is -0.924. The van der Waals surface area contributed by atoms with Crippen molar-refractivity contribution in [3.8, 4) is 17.2 Å². The molecule has 1 aromatic carbocycles. The van der Waals surface area contributed by atoms with Gasteiger partial charge in [-0.3, -0.25) is 0 Å². The SMILES string of the molecule is COc1cc(C=CC(=O)O)c(C(CC(C)[Si]C)(O[Si](C)(C)C)O[Si](C)(C)C)c(OC)c1OC. The van der Waals surface area contributed by atoms with E-state index in [-0.39, 0.29) is 0 Å². The Balaban J connectivity index is 4.23. The number of ether oxygens (including phenoxy) is 3. The van der Waals surface area contributed by atoms with E-state index in [9.17, 15) is 9.90 Å². The topological polar surface area (TPSA) is 83.5 Å². The van der Waals surface area contributed by atoms with Crippen LogP contribution in [0.4, 0.5) is 0 Å². The molecule has 0 fully saturated rings. The van der Waals surface area contributed by atoms with Gasteiger partial charge < -0.3 is 28.2 Å². The van der Waals surface area contributed by atoms with Gasteiger partial charge in [-0.25, -0.2) is 4.79 Å². The molecular weight excluding hydrogens is 473 g/mol. The zero-order valence-electron chi connectivity index (χ0n) is 21.9. The highest BCUT2D eigenvalue weighted by Crippen LogP contribution is 2.52. The first kappa shape index (κ1) is 29.4. The molecule has 0 aliphatic heterocycles. The van der Waals surface area contributed by atoms with Crippen LogP contribution in [0.2, 0.25) is 51.4 Å². The number of carboxylic acid groups (broad SMARTS) is 1. The number of hydrogen-bond donors (Lipinski definition) is 1. The van der Waals surface area contributed by atoms with Gasteiger partial charge in [-0.15, -0.1) is 0 Å². The molecule has 7 nitrogen and oxygen atoms in total. The van der Waals surface area contributed by atoms with Crippen molar-refractivity contribution >= 4 is 38.2 Å². The smallest absolute Gasteiger partial charge is 0.328 e. The molecular formula is C23H40O7Si3. The highest BCUT2D eigenvalue weighted by atomic mass is 28.4. The van der Waals surface area contributed by atoms with E-state index in [0.717, 1.165) is 6.08 Å². The van der Waals surface area contributed by atoms with Gasteiger partial charge in [-0.2, -0.15) is 0 Å². The summed E-state index contributed by atoms with van der Waals surface area (Å²) in [4.78, 5) is 11.4. The number of hydrogen-bond acceptors (Lipinski definition) is 6. The van der Waals surface area contributed by atoms with Crippen LogP contribution in [0.3, 0.4) is 0 Å². The van der Waals surface area contributed by atoms with E-state index < -0.39 is 28.4 Å². The number of carbonyl (C=O) groups is 1. The van der Waals surface area contributed by atoms with Crippen molar-refractivity contribution in [2.75, 3.05) is 21.3 Å². The molecule has 0 saturated heterocycles. The second kappa shape index (κ2) is 11.7. The number of aliphatic carboxylic acids is 1. The summed E-state index contributed by atoms with van der Waals surface area (Å²) in [6.07, 6.45) is 3.23. The third-order valence-corrected chi connectivity index (χ3v) is 7.73. The predicted octanol–water partition coefficient (Wildman–Crippen LogP) is 5.62. The Bertz CT molecular complexity index is 826. The van der Waals surface area contributed by atoms with Crippen molar-refractivity contribution < 1.29 is 33.0 Å². The number of methoxy groups -OCH3 is 3. The highest BCUT2D eigenvalue weighted by Gasteiger charge is 2.47. The van der Waals surface area contributed by atoms with Gasteiger partial charge >= 0.3 is 5.97 Å². The van der Waals surface area contributed by atoms with Crippen LogP contribution >= 0.6 is 0 Å². The van der Waals surface area contributed by atoms with Crippen LogP contribution in [0.15, 0.2) is 12.1 Å². The Morgan fingerprint density at radius 2 is 1.55 bits per heavy atom. The van der Waals surface area contributed by atoms with E-state index in [4.69, 9.17) is 23.1 Å². The lowest BCUT2D eigenvalue weighted by Gasteiger charge is -2.45. The molecule has 0 aliphatic carbocycles. The Kier molecular flexibility index (Phi) is 10.4. The molecule has 1 unspecified atom stereocenters. The van der Waals surface area contributed by atoms with Crippen LogP contribution in [0, 0.1) is 0 Å². The molecule has 186 valence electrons. The third kappa shape index (κ3) is 8.29. The van der Waals surface area contributed by atoms with Crippen LogP contribution in [0.5, 0.6) is 17.2 Å². The average Bonchev–Trinajstić information content (AvgIpc) is 2.67. The molecule has 0 aliphatic rings. The summed E-state index contributed by atoms with van der Waals surface area (Å²) in [7, 11) is 0.963. The van der Waals surface area contributed by atoms with E-state index in [1.54, 1.807) is 20.3 Å². The van der Waals surface area contributed by atoms with E-state index in [1.807, 2.05) is 0 Å². The van der Waals surface area contributed by atoms with Crippen molar-refractivity contribution in [1.29, 1.82) is 0 Å². The van der Waals surface area contributed by atoms with E-state index >= 15 is 0 Å². The lowest BCUT2D eigenvalue weighted by molar-refractivity contribution is -0.143. The zero-order valence-corrected chi connectivity index (χ0v) is 24.9. The fraction of sp³-hybridized carbons (Fsp3) is 0.609. The molecule has 0 aromatic heterocycles. The molecule has 0 heterocycles. The van der Waals surface area contributed by atoms with Gasteiger partial charge in [0.2, 0.25) is 5.75 Å². The van der Waals surface area contributed by atoms with E-state index in [2.05, 4.69) is 52.8 Å². The van der Waals surface area contributed by atoms with Gasteiger partial charge in [-0.05, 0) is 62.5 Å². The zero-order chi connectivity index (χ0) is 25.6. The van der Waals surface area contributed by atoms with Crippen molar-refractivity contribution in [3.63, 3.8) is 0 Å². The van der Waals surface area contributed by atoms with Crippen molar-refractivity contribution in [2.24, 2.45) is 0 Å². The first-order chi connectivity index (χ1) is 15.1. The number of benzene rings is 1. The summed E-state index contributed by atoms with van der Waals surface area (Å²) in [5, 5.41) is 9.36. The normalized spacial score (nSPS) is 13.8. The van der Waals surface area contributed by atoms with Gasteiger partial charge in [0.15, 0.2) is 33.9 Å². The minimum Gasteiger partial charge on any atom is -0.493 e. The molecule has 0 spiro atoms. The highest BCUT2D eigenvalue weighted by molar-refractivity contribution is 6.71. The van der Waals surface area contributed by atoms with Gasteiger partial charge in [0.05, 0.1) is 26.9 Å². The van der Waals surface area contributed by atoms with Gasteiger partial charge in [0.25, 0.3) is 0 Å². The first-order valence-electron chi connectivity index (χ1n) is 10.9. The summed E-state index contributed by atoms with van der Waals surface area (Å²) >= 11 is 0. The van der Waals surface area contributed by atoms with Crippen LogP contribution in [-0.2, 0) is 19.4 Å². The van der Waals surface area contributed by atoms with Gasteiger partial charge in [-0.1, -0.05) is 13.5 Å². The Hall–Kier alpha value is -1.60. The van der Waals surface area contributed by atoms with E-state index in [0.29, 0.717) is 49.9 Å². The fourth-order valence-corrected chi connectivity index (χ4v) is 6.65. The minimum absolute atomic E-state index is 0.298. The molecule has 0 amide bonds. The molecule has 2 radical (unpaired) electrons. The second-order valence-corrected chi connectivity index (χ2v) is 20.3. The van der Waals surface area contributed by atoms with Crippen LogP contribution in [-0.4, -0.2) is 58.6 Å².